The number of thiazole rings is 1. The lowest BCUT2D eigenvalue weighted by Gasteiger charge is -2.19. The fraction of sp³-hybridized carbons (Fsp3) is 0.467. The van der Waals surface area contributed by atoms with Crippen LogP contribution in [-0.4, -0.2) is 34.9 Å². The van der Waals surface area contributed by atoms with Gasteiger partial charge in [-0.2, -0.15) is 0 Å². The van der Waals surface area contributed by atoms with Crippen molar-refractivity contribution < 1.29 is 4.79 Å². The summed E-state index contributed by atoms with van der Waals surface area (Å²) in [5, 5.41) is 3.98. The Labute approximate surface area is 123 Å². The van der Waals surface area contributed by atoms with E-state index in [-0.39, 0.29) is 11.9 Å². The highest BCUT2D eigenvalue weighted by molar-refractivity contribution is 7.18. The number of carbonyl (C=O) groups excluding carboxylic acids is 1. The Morgan fingerprint density at radius 2 is 2.15 bits per heavy atom. The third-order valence-electron chi connectivity index (χ3n) is 2.96. The summed E-state index contributed by atoms with van der Waals surface area (Å²) in [6.45, 7) is 7.99. The zero-order chi connectivity index (χ0) is 14.5. The van der Waals surface area contributed by atoms with E-state index in [9.17, 15) is 4.79 Å². The molecule has 2 rings (SSSR count). The molecule has 1 N–H and O–H groups in total. The van der Waals surface area contributed by atoms with Crippen LogP contribution in [-0.2, 0) is 11.3 Å². The van der Waals surface area contributed by atoms with Crippen LogP contribution in [0.5, 0.6) is 0 Å². The molecule has 0 aliphatic carbocycles. The highest BCUT2D eigenvalue weighted by Gasteiger charge is 2.12. The fourth-order valence-corrected chi connectivity index (χ4v) is 3.04. The van der Waals surface area contributed by atoms with E-state index in [1.165, 1.54) is 4.70 Å². The first-order valence-corrected chi connectivity index (χ1v) is 7.76. The molecule has 1 aromatic heterocycles. The lowest BCUT2D eigenvalue weighted by Crippen LogP contribution is -2.39. The summed E-state index contributed by atoms with van der Waals surface area (Å²) in [5.41, 5.74) is 1.04. The van der Waals surface area contributed by atoms with Crippen LogP contribution in [0.1, 0.15) is 25.8 Å². The zero-order valence-corrected chi connectivity index (χ0v) is 13.0. The van der Waals surface area contributed by atoms with E-state index in [1.54, 1.807) is 11.3 Å². The summed E-state index contributed by atoms with van der Waals surface area (Å²) in [6.07, 6.45) is 0. The average Bonchev–Trinajstić information content (AvgIpc) is 2.79. The molecule has 0 aliphatic heterocycles. The first-order chi connectivity index (χ1) is 9.58. The number of amides is 1. The molecule has 0 atom stereocenters. The summed E-state index contributed by atoms with van der Waals surface area (Å²) in [4.78, 5) is 18.5. The first-order valence-electron chi connectivity index (χ1n) is 6.94. The van der Waals surface area contributed by atoms with Gasteiger partial charge < -0.3 is 5.32 Å². The molecule has 0 unspecified atom stereocenters. The van der Waals surface area contributed by atoms with Gasteiger partial charge in [-0.25, -0.2) is 4.98 Å². The minimum atomic E-state index is 0.0722. The monoisotopic (exact) mass is 291 g/mol. The standard InChI is InChI=1S/C15H21N3OS/c1-4-18(9-14(19)16-11(2)3)10-15-17-12-7-5-6-8-13(12)20-15/h5-8,11H,4,9-10H2,1-3H3,(H,16,19). The average molecular weight is 291 g/mol. The molecule has 0 saturated carbocycles. The second kappa shape index (κ2) is 6.81. The van der Waals surface area contributed by atoms with Crippen LogP contribution in [0.4, 0.5) is 0 Å². The van der Waals surface area contributed by atoms with Crippen molar-refractivity contribution in [1.29, 1.82) is 0 Å². The van der Waals surface area contributed by atoms with Gasteiger partial charge in [0.1, 0.15) is 5.01 Å². The Morgan fingerprint density at radius 3 is 2.80 bits per heavy atom. The van der Waals surface area contributed by atoms with Gasteiger partial charge in [0.15, 0.2) is 0 Å². The zero-order valence-electron chi connectivity index (χ0n) is 12.2. The fourth-order valence-electron chi connectivity index (χ4n) is 2.03. The largest absolute Gasteiger partial charge is 0.353 e. The van der Waals surface area contributed by atoms with Crippen molar-refractivity contribution in [3.05, 3.63) is 29.3 Å². The number of para-hydroxylation sites is 1. The second-order valence-electron chi connectivity index (χ2n) is 5.10. The van der Waals surface area contributed by atoms with Crippen LogP contribution in [0.15, 0.2) is 24.3 Å². The van der Waals surface area contributed by atoms with Crippen molar-refractivity contribution in [2.45, 2.75) is 33.4 Å². The third kappa shape index (κ3) is 4.02. The van der Waals surface area contributed by atoms with Gasteiger partial charge in [-0.05, 0) is 32.5 Å². The van der Waals surface area contributed by atoms with Gasteiger partial charge >= 0.3 is 0 Å². The van der Waals surface area contributed by atoms with Crippen molar-refractivity contribution in [3.63, 3.8) is 0 Å². The van der Waals surface area contributed by atoms with Crippen LogP contribution < -0.4 is 5.32 Å². The van der Waals surface area contributed by atoms with E-state index in [2.05, 4.69) is 28.2 Å². The maximum absolute atomic E-state index is 11.8. The molecule has 0 radical (unpaired) electrons. The van der Waals surface area contributed by atoms with E-state index in [1.807, 2.05) is 32.0 Å². The van der Waals surface area contributed by atoms with Gasteiger partial charge in [-0.15, -0.1) is 11.3 Å². The number of benzene rings is 1. The van der Waals surface area contributed by atoms with Crippen molar-refractivity contribution in [2.24, 2.45) is 0 Å². The Morgan fingerprint density at radius 1 is 1.40 bits per heavy atom. The number of nitrogens with zero attached hydrogens (tertiary/aromatic N) is 2. The number of aromatic nitrogens is 1. The number of fused-ring (bicyclic) bond motifs is 1. The maximum atomic E-state index is 11.8. The quantitative estimate of drug-likeness (QED) is 0.890. The van der Waals surface area contributed by atoms with E-state index in [0.717, 1.165) is 23.6 Å². The van der Waals surface area contributed by atoms with Crippen molar-refractivity contribution >= 4 is 27.5 Å². The van der Waals surface area contributed by atoms with E-state index in [0.29, 0.717) is 6.54 Å². The lowest BCUT2D eigenvalue weighted by molar-refractivity contribution is -0.122. The molecule has 20 heavy (non-hydrogen) atoms. The second-order valence-corrected chi connectivity index (χ2v) is 6.22. The third-order valence-corrected chi connectivity index (χ3v) is 3.98. The molecule has 108 valence electrons. The number of carbonyl (C=O) groups is 1. The van der Waals surface area contributed by atoms with Crippen LogP contribution in [0.25, 0.3) is 10.2 Å². The topological polar surface area (TPSA) is 45.2 Å². The first kappa shape index (κ1) is 14.9. The minimum absolute atomic E-state index is 0.0722. The minimum Gasteiger partial charge on any atom is -0.353 e. The van der Waals surface area contributed by atoms with Gasteiger partial charge in [0, 0.05) is 6.04 Å². The van der Waals surface area contributed by atoms with E-state index >= 15 is 0 Å². The van der Waals surface area contributed by atoms with Crippen molar-refractivity contribution in [1.82, 2.24) is 15.2 Å². The molecule has 0 spiro atoms. The number of hydrogen-bond donors (Lipinski definition) is 1. The summed E-state index contributed by atoms with van der Waals surface area (Å²) in [5.74, 6) is 0.0722. The molecule has 4 nitrogen and oxygen atoms in total. The highest BCUT2D eigenvalue weighted by atomic mass is 32.1. The van der Waals surface area contributed by atoms with Crippen LogP contribution in [0, 0.1) is 0 Å². The highest BCUT2D eigenvalue weighted by Crippen LogP contribution is 2.22. The Bertz CT molecular complexity index is 546. The summed E-state index contributed by atoms with van der Waals surface area (Å²) in [6, 6.07) is 8.32. The summed E-state index contributed by atoms with van der Waals surface area (Å²) < 4.78 is 1.20. The molecule has 2 aromatic rings. The number of nitrogens with one attached hydrogen (secondary N) is 1. The molecule has 0 saturated heterocycles. The van der Waals surface area contributed by atoms with Gasteiger partial charge in [-0.1, -0.05) is 19.1 Å². The number of likely N-dealkylation sites (N-methyl/N-ethyl adjacent to an activating group) is 1. The molecule has 5 heteroatoms. The molecule has 1 heterocycles. The smallest absolute Gasteiger partial charge is 0.234 e. The number of hydrogen-bond acceptors (Lipinski definition) is 4. The molecule has 1 aromatic carbocycles. The summed E-state index contributed by atoms with van der Waals surface area (Å²) in [7, 11) is 0. The predicted octanol–water partition coefficient (Wildman–Crippen LogP) is 2.64. The molecule has 0 aliphatic rings. The Kier molecular flexibility index (Phi) is 5.09. The number of rotatable bonds is 6. The molecular weight excluding hydrogens is 270 g/mol. The van der Waals surface area contributed by atoms with Crippen LogP contribution in [0.3, 0.4) is 0 Å². The van der Waals surface area contributed by atoms with Crippen molar-refractivity contribution in [2.75, 3.05) is 13.1 Å². The summed E-state index contributed by atoms with van der Waals surface area (Å²) >= 11 is 1.70. The normalized spacial score (nSPS) is 11.4. The van der Waals surface area contributed by atoms with Gasteiger partial charge in [0.25, 0.3) is 0 Å². The van der Waals surface area contributed by atoms with E-state index in [4.69, 9.17) is 0 Å². The lowest BCUT2D eigenvalue weighted by atomic mass is 10.3. The van der Waals surface area contributed by atoms with Crippen molar-refractivity contribution in [3.8, 4) is 0 Å². The van der Waals surface area contributed by atoms with Gasteiger partial charge in [0.2, 0.25) is 5.91 Å². The molecule has 0 bridgehead atoms. The SMILES string of the molecule is CCN(CC(=O)NC(C)C)Cc1nc2ccccc2s1. The molecule has 0 fully saturated rings. The van der Waals surface area contributed by atoms with Crippen LogP contribution in [0.2, 0.25) is 0 Å². The predicted molar refractivity (Wildman–Crippen MR) is 83.8 cm³/mol. The Hall–Kier alpha value is -1.46. The van der Waals surface area contributed by atoms with Gasteiger partial charge in [-0.3, -0.25) is 9.69 Å². The van der Waals surface area contributed by atoms with Gasteiger partial charge in [0.05, 0.1) is 23.3 Å². The van der Waals surface area contributed by atoms with Crippen LogP contribution >= 0.6 is 11.3 Å². The van der Waals surface area contributed by atoms with E-state index < -0.39 is 0 Å². The molecular formula is C15H21N3OS. The Balaban J connectivity index is 2.00. The maximum Gasteiger partial charge on any atom is 0.234 e. The molecule has 1 amide bonds.